The molecule has 1 aliphatic carbocycles. The largest absolute Gasteiger partial charge is 0.395 e. The number of thioether (sulfide) groups is 1. The molecule has 1 fully saturated rings. The van der Waals surface area contributed by atoms with Crippen molar-refractivity contribution in [2.45, 2.75) is 56.9 Å². The van der Waals surface area contributed by atoms with Crippen molar-refractivity contribution in [1.82, 2.24) is 5.32 Å². The van der Waals surface area contributed by atoms with Crippen LogP contribution in [-0.2, 0) is 0 Å². The minimum atomic E-state index is 0.275. The molecule has 0 heterocycles. The van der Waals surface area contributed by atoms with Gasteiger partial charge in [0.05, 0.1) is 6.61 Å². The molecule has 0 amide bonds. The highest BCUT2D eigenvalue weighted by molar-refractivity contribution is 7.99. The van der Waals surface area contributed by atoms with Gasteiger partial charge in [-0.15, -0.1) is 0 Å². The second-order valence-electron chi connectivity index (χ2n) is 4.88. The summed E-state index contributed by atoms with van der Waals surface area (Å²) in [5.74, 6) is 0.866. The quantitative estimate of drug-likeness (QED) is 0.761. The molecule has 0 radical (unpaired) electrons. The lowest BCUT2D eigenvalue weighted by Gasteiger charge is -2.32. The van der Waals surface area contributed by atoms with Crippen molar-refractivity contribution < 1.29 is 5.11 Å². The number of rotatable bonds is 5. The van der Waals surface area contributed by atoms with Crippen LogP contribution in [0.1, 0.15) is 39.5 Å². The first kappa shape index (κ1) is 13.3. The van der Waals surface area contributed by atoms with E-state index in [1.807, 2.05) is 0 Å². The third kappa shape index (κ3) is 4.33. The van der Waals surface area contributed by atoms with Crippen LogP contribution in [0, 0.1) is 5.92 Å². The molecule has 0 aromatic rings. The van der Waals surface area contributed by atoms with E-state index in [0.29, 0.717) is 17.3 Å². The summed E-state index contributed by atoms with van der Waals surface area (Å²) in [4.78, 5) is 0. The third-order valence-electron chi connectivity index (χ3n) is 3.48. The molecule has 1 rings (SSSR count). The Balaban J connectivity index is 2.32. The van der Waals surface area contributed by atoms with Gasteiger partial charge in [-0.3, -0.25) is 0 Å². The summed E-state index contributed by atoms with van der Waals surface area (Å²) >= 11 is 1.75. The predicted octanol–water partition coefficient (Wildman–Crippen LogP) is 2.27. The molecule has 0 bridgehead atoms. The zero-order chi connectivity index (χ0) is 11.3. The summed E-state index contributed by atoms with van der Waals surface area (Å²) in [6.07, 6.45) is 7.42. The Kier molecular flexibility index (Phi) is 6.02. The van der Waals surface area contributed by atoms with Gasteiger partial charge in [-0.2, -0.15) is 11.8 Å². The van der Waals surface area contributed by atoms with Crippen LogP contribution in [0.3, 0.4) is 0 Å². The fourth-order valence-electron chi connectivity index (χ4n) is 2.50. The van der Waals surface area contributed by atoms with Gasteiger partial charge in [-0.25, -0.2) is 0 Å². The summed E-state index contributed by atoms with van der Waals surface area (Å²) in [5.41, 5.74) is 0. The Morgan fingerprint density at radius 2 is 2.20 bits per heavy atom. The van der Waals surface area contributed by atoms with Crippen LogP contribution in [0.15, 0.2) is 0 Å². The molecule has 4 atom stereocenters. The number of nitrogens with one attached hydrogen (secondary N) is 1. The number of aliphatic hydroxyl groups is 1. The second kappa shape index (κ2) is 6.77. The van der Waals surface area contributed by atoms with Crippen LogP contribution in [0.5, 0.6) is 0 Å². The Labute approximate surface area is 98.2 Å². The molecule has 90 valence electrons. The van der Waals surface area contributed by atoms with E-state index in [1.54, 1.807) is 11.8 Å². The van der Waals surface area contributed by atoms with Crippen LogP contribution in [-0.4, -0.2) is 35.3 Å². The standard InChI is InChI=1S/C12H25NOS/c1-9-5-4-6-11(7-9)13-10(2)12(8-14)15-3/h9-14H,4-8H2,1-3H3. The van der Waals surface area contributed by atoms with E-state index in [0.717, 1.165) is 5.92 Å². The van der Waals surface area contributed by atoms with E-state index >= 15 is 0 Å². The summed E-state index contributed by atoms with van der Waals surface area (Å²) < 4.78 is 0. The highest BCUT2D eigenvalue weighted by atomic mass is 32.2. The molecule has 2 N–H and O–H groups in total. The minimum absolute atomic E-state index is 0.275. The van der Waals surface area contributed by atoms with E-state index in [1.165, 1.54) is 25.7 Å². The minimum Gasteiger partial charge on any atom is -0.395 e. The van der Waals surface area contributed by atoms with Gasteiger partial charge in [0.25, 0.3) is 0 Å². The highest BCUT2D eigenvalue weighted by Crippen LogP contribution is 2.24. The Morgan fingerprint density at radius 1 is 1.47 bits per heavy atom. The molecular formula is C12H25NOS. The zero-order valence-electron chi connectivity index (χ0n) is 10.2. The van der Waals surface area contributed by atoms with Crippen molar-refractivity contribution in [3.63, 3.8) is 0 Å². The monoisotopic (exact) mass is 231 g/mol. The van der Waals surface area contributed by atoms with Gasteiger partial charge in [0.1, 0.15) is 0 Å². The van der Waals surface area contributed by atoms with Crippen LogP contribution in [0.4, 0.5) is 0 Å². The van der Waals surface area contributed by atoms with E-state index < -0.39 is 0 Å². The van der Waals surface area contributed by atoms with E-state index in [9.17, 15) is 5.11 Å². The van der Waals surface area contributed by atoms with Crippen LogP contribution in [0.2, 0.25) is 0 Å². The maximum absolute atomic E-state index is 9.22. The molecule has 0 aromatic heterocycles. The molecule has 0 aromatic carbocycles. The van der Waals surface area contributed by atoms with Gasteiger partial charge < -0.3 is 10.4 Å². The predicted molar refractivity (Wildman–Crippen MR) is 68.4 cm³/mol. The molecule has 3 heteroatoms. The number of hydrogen-bond acceptors (Lipinski definition) is 3. The molecule has 1 aliphatic rings. The molecule has 4 unspecified atom stereocenters. The van der Waals surface area contributed by atoms with E-state index in [-0.39, 0.29) is 6.61 Å². The van der Waals surface area contributed by atoms with Crippen LogP contribution in [0.25, 0.3) is 0 Å². The highest BCUT2D eigenvalue weighted by Gasteiger charge is 2.23. The number of hydrogen-bond donors (Lipinski definition) is 2. The molecule has 2 nitrogen and oxygen atoms in total. The average molecular weight is 231 g/mol. The number of aliphatic hydroxyl groups excluding tert-OH is 1. The van der Waals surface area contributed by atoms with Crippen LogP contribution >= 0.6 is 11.8 Å². The smallest absolute Gasteiger partial charge is 0.0564 e. The fourth-order valence-corrected chi connectivity index (χ4v) is 3.14. The maximum Gasteiger partial charge on any atom is 0.0564 e. The van der Waals surface area contributed by atoms with Gasteiger partial charge in [-0.05, 0) is 31.9 Å². The average Bonchev–Trinajstić information content (AvgIpc) is 2.19. The Bertz CT molecular complexity index is 173. The fraction of sp³-hybridized carbons (Fsp3) is 1.00. The zero-order valence-corrected chi connectivity index (χ0v) is 11.0. The van der Waals surface area contributed by atoms with E-state index in [4.69, 9.17) is 0 Å². The van der Waals surface area contributed by atoms with Crippen LogP contribution < -0.4 is 5.32 Å². The SMILES string of the molecule is CSC(CO)C(C)NC1CCCC(C)C1. The lowest BCUT2D eigenvalue weighted by molar-refractivity contribution is 0.246. The molecule has 1 saturated carbocycles. The first-order chi connectivity index (χ1) is 7.17. The van der Waals surface area contributed by atoms with Crippen molar-refractivity contribution in [3.05, 3.63) is 0 Å². The van der Waals surface area contributed by atoms with E-state index in [2.05, 4.69) is 25.4 Å². The Morgan fingerprint density at radius 3 is 2.73 bits per heavy atom. The van der Waals surface area contributed by atoms with Crippen molar-refractivity contribution in [2.75, 3.05) is 12.9 Å². The summed E-state index contributed by atoms with van der Waals surface area (Å²) in [7, 11) is 0. The molecular weight excluding hydrogens is 206 g/mol. The van der Waals surface area contributed by atoms with Crippen molar-refractivity contribution in [3.8, 4) is 0 Å². The van der Waals surface area contributed by atoms with Crippen molar-refractivity contribution in [2.24, 2.45) is 5.92 Å². The van der Waals surface area contributed by atoms with Gasteiger partial charge in [-0.1, -0.05) is 19.8 Å². The summed E-state index contributed by atoms with van der Waals surface area (Å²) in [6.45, 7) is 4.81. The molecule has 0 aliphatic heterocycles. The topological polar surface area (TPSA) is 32.3 Å². The second-order valence-corrected chi connectivity index (χ2v) is 5.96. The Hall–Kier alpha value is 0.270. The normalized spacial score (nSPS) is 31.2. The first-order valence-corrected chi connectivity index (χ1v) is 7.35. The molecule has 0 spiro atoms. The van der Waals surface area contributed by atoms with Crippen molar-refractivity contribution in [1.29, 1.82) is 0 Å². The summed E-state index contributed by atoms with van der Waals surface area (Å²) in [6, 6.07) is 1.09. The lowest BCUT2D eigenvalue weighted by Crippen LogP contribution is -2.45. The van der Waals surface area contributed by atoms with Gasteiger partial charge in [0, 0.05) is 17.3 Å². The van der Waals surface area contributed by atoms with Gasteiger partial charge >= 0.3 is 0 Å². The third-order valence-corrected chi connectivity index (χ3v) is 4.64. The maximum atomic E-state index is 9.22. The lowest BCUT2D eigenvalue weighted by atomic mass is 9.86. The molecule has 0 saturated heterocycles. The first-order valence-electron chi connectivity index (χ1n) is 6.07. The van der Waals surface area contributed by atoms with Gasteiger partial charge in [0.2, 0.25) is 0 Å². The molecule has 15 heavy (non-hydrogen) atoms. The van der Waals surface area contributed by atoms with Crippen molar-refractivity contribution >= 4 is 11.8 Å². The summed E-state index contributed by atoms with van der Waals surface area (Å²) in [5, 5.41) is 13.2. The van der Waals surface area contributed by atoms with Gasteiger partial charge in [0.15, 0.2) is 0 Å².